The summed E-state index contributed by atoms with van der Waals surface area (Å²) >= 11 is 0. The molecule has 1 N–H and O–H groups in total. The fourth-order valence-corrected chi connectivity index (χ4v) is 3.25. The van der Waals surface area contributed by atoms with Crippen LogP contribution in [0.4, 0.5) is 0 Å². The van der Waals surface area contributed by atoms with Crippen molar-refractivity contribution in [3.63, 3.8) is 0 Å². The van der Waals surface area contributed by atoms with E-state index in [0.717, 1.165) is 0 Å². The molecule has 0 aromatic heterocycles. The minimum atomic E-state index is -4.48. The predicted molar refractivity (Wildman–Crippen MR) is 93.9 cm³/mol. The van der Waals surface area contributed by atoms with Crippen LogP contribution in [0.25, 0.3) is 21.5 Å². The second kappa shape index (κ2) is 6.40. The Morgan fingerprint density at radius 1 is 0.808 bits per heavy atom. The first-order valence-electron chi connectivity index (χ1n) is 7.51. The van der Waals surface area contributed by atoms with Crippen LogP contribution in [0, 0.1) is 0 Å². The molecule has 0 aliphatic carbocycles. The maximum atomic E-state index is 11.6. The van der Waals surface area contributed by atoms with Gasteiger partial charge in [-0.15, -0.1) is 0 Å². The summed E-state index contributed by atoms with van der Waals surface area (Å²) in [4.78, 5) is 22.7. The zero-order valence-corrected chi connectivity index (χ0v) is 14.7. The van der Waals surface area contributed by atoms with Gasteiger partial charge in [-0.3, -0.25) is 14.1 Å². The first-order chi connectivity index (χ1) is 12.2. The molecule has 0 saturated carbocycles. The second-order valence-electron chi connectivity index (χ2n) is 5.57. The lowest BCUT2D eigenvalue weighted by atomic mass is 10.0. The molecule has 3 aromatic rings. The molecule has 0 spiro atoms. The number of carbonyl (C=O) groups excluding carboxylic acids is 2. The fraction of sp³-hybridized carbons (Fsp3) is 0.111. The van der Waals surface area contributed by atoms with Gasteiger partial charge >= 0.3 is 11.9 Å². The van der Waals surface area contributed by atoms with Crippen molar-refractivity contribution in [2.45, 2.75) is 18.7 Å². The Morgan fingerprint density at radius 3 is 1.73 bits per heavy atom. The van der Waals surface area contributed by atoms with Crippen molar-refractivity contribution in [1.29, 1.82) is 0 Å². The van der Waals surface area contributed by atoms with Gasteiger partial charge in [-0.05, 0) is 18.2 Å². The number of fused-ring (bicyclic) bond motifs is 2. The first kappa shape index (κ1) is 17.8. The van der Waals surface area contributed by atoms with E-state index in [9.17, 15) is 22.6 Å². The molecule has 7 nitrogen and oxygen atoms in total. The highest BCUT2D eigenvalue weighted by Gasteiger charge is 2.20. The molecule has 0 amide bonds. The highest BCUT2D eigenvalue weighted by Crippen LogP contribution is 2.43. The minimum Gasteiger partial charge on any atom is -0.425 e. The smallest absolute Gasteiger partial charge is 0.308 e. The lowest BCUT2D eigenvalue weighted by Crippen LogP contribution is -2.06. The standard InChI is InChI=1S/C18H14O7S/c1-10(19)24-17-13-5-3-4-6-14(13)18(25-11(2)20)16-9-12(26(21,22)23)7-8-15(16)17/h3-9H,1-2H3,(H,21,22,23). The largest absolute Gasteiger partial charge is 0.425 e. The number of rotatable bonds is 3. The molecule has 3 aromatic carbocycles. The van der Waals surface area contributed by atoms with Crippen molar-refractivity contribution in [2.75, 3.05) is 0 Å². The third-order valence-electron chi connectivity index (χ3n) is 3.69. The lowest BCUT2D eigenvalue weighted by Gasteiger charge is -2.16. The molecular weight excluding hydrogens is 360 g/mol. The van der Waals surface area contributed by atoms with Gasteiger partial charge in [-0.1, -0.05) is 24.3 Å². The highest BCUT2D eigenvalue weighted by atomic mass is 32.2. The van der Waals surface area contributed by atoms with Gasteiger partial charge in [0.05, 0.1) is 4.90 Å². The summed E-state index contributed by atoms with van der Waals surface area (Å²) in [5, 5.41) is 1.55. The van der Waals surface area contributed by atoms with Crippen LogP contribution in [0.5, 0.6) is 11.5 Å². The molecule has 0 atom stereocenters. The topological polar surface area (TPSA) is 107 Å². The fourth-order valence-electron chi connectivity index (χ4n) is 2.75. The van der Waals surface area contributed by atoms with E-state index in [1.54, 1.807) is 24.3 Å². The molecular formula is C18H14O7S. The van der Waals surface area contributed by atoms with E-state index in [1.807, 2.05) is 0 Å². The Labute approximate surface area is 148 Å². The lowest BCUT2D eigenvalue weighted by molar-refractivity contribution is -0.132. The Hall–Kier alpha value is -2.97. The zero-order chi connectivity index (χ0) is 19.1. The Balaban J connectivity index is 2.53. The number of carbonyl (C=O) groups is 2. The van der Waals surface area contributed by atoms with Gasteiger partial charge in [0.2, 0.25) is 0 Å². The average molecular weight is 374 g/mol. The number of hydrogen-bond donors (Lipinski definition) is 1. The van der Waals surface area contributed by atoms with E-state index >= 15 is 0 Å². The normalized spacial score (nSPS) is 11.5. The molecule has 0 fully saturated rings. The van der Waals surface area contributed by atoms with Crippen LogP contribution in [-0.2, 0) is 19.7 Å². The average Bonchev–Trinajstić information content (AvgIpc) is 2.56. The van der Waals surface area contributed by atoms with Gasteiger partial charge in [-0.25, -0.2) is 0 Å². The van der Waals surface area contributed by atoms with Crippen LogP contribution in [0.3, 0.4) is 0 Å². The molecule has 8 heteroatoms. The Morgan fingerprint density at radius 2 is 1.27 bits per heavy atom. The monoisotopic (exact) mass is 374 g/mol. The van der Waals surface area contributed by atoms with E-state index in [4.69, 9.17) is 9.47 Å². The Kier molecular flexibility index (Phi) is 4.39. The third-order valence-corrected chi connectivity index (χ3v) is 4.54. The van der Waals surface area contributed by atoms with E-state index < -0.39 is 22.1 Å². The summed E-state index contributed by atoms with van der Waals surface area (Å²) in [6.07, 6.45) is 0. The van der Waals surface area contributed by atoms with Crippen molar-refractivity contribution in [1.82, 2.24) is 0 Å². The summed E-state index contributed by atoms with van der Waals surface area (Å²) in [7, 11) is -4.48. The molecule has 0 aliphatic heterocycles. The number of esters is 2. The van der Waals surface area contributed by atoms with Gasteiger partial charge in [0.15, 0.2) is 0 Å². The van der Waals surface area contributed by atoms with Crippen LogP contribution in [0.15, 0.2) is 47.4 Å². The maximum absolute atomic E-state index is 11.6. The van der Waals surface area contributed by atoms with Crippen LogP contribution in [0.2, 0.25) is 0 Å². The van der Waals surface area contributed by atoms with Crippen molar-refractivity contribution < 1.29 is 32.0 Å². The van der Waals surface area contributed by atoms with Crippen LogP contribution < -0.4 is 9.47 Å². The number of benzene rings is 3. The van der Waals surface area contributed by atoms with Gasteiger partial charge in [0, 0.05) is 35.4 Å². The van der Waals surface area contributed by atoms with E-state index in [1.165, 1.54) is 32.0 Å². The predicted octanol–water partition coefficient (Wildman–Crippen LogP) is 3.09. The molecule has 0 radical (unpaired) electrons. The molecule has 0 saturated heterocycles. The Bertz CT molecular complexity index is 1160. The summed E-state index contributed by atoms with van der Waals surface area (Å²) in [6, 6.07) is 10.5. The van der Waals surface area contributed by atoms with Crippen molar-refractivity contribution in [3.05, 3.63) is 42.5 Å². The van der Waals surface area contributed by atoms with Gasteiger partial charge < -0.3 is 9.47 Å². The van der Waals surface area contributed by atoms with Crippen molar-refractivity contribution in [2.24, 2.45) is 0 Å². The first-order valence-corrected chi connectivity index (χ1v) is 8.95. The highest BCUT2D eigenvalue weighted by molar-refractivity contribution is 7.85. The third kappa shape index (κ3) is 3.24. The number of hydrogen-bond acceptors (Lipinski definition) is 6. The molecule has 3 rings (SSSR count). The maximum Gasteiger partial charge on any atom is 0.308 e. The summed E-state index contributed by atoms with van der Waals surface area (Å²) in [5.74, 6) is -0.838. The van der Waals surface area contributed by atoms with Crippen molar-refractivity contribution in [3.8, 4) is 11.5 Å². The summed E-state index contributed by atoms with van der Waals surface area (Å²) in [6.45, 7) is 2.46. The van der Waals surface area contributed by atoms with Crippen LogP contribution >= 0.6 is 0 Å². The van der Waals surface area contributed by atoms with Gasteiger partial charge in [0.1, 0.15) is 11.5 Å². The van der Waals surface area contributed by atoms with E-state index in [2.05, 4.69) is 0 Å². The molecule has 26 heavy (non-hydrogen) atoms. The van der Waals surface area contributed by atoms with Gasteiger partial charge in [-0.2, -0.15) is 8.42 Å². The quantitative estimate of drug-likeness (QED) is 0.325. The summed E-state index contributed by atoms with van der Waals surface area (Å²) < 4.78 is 43.0. The molecule has 134 valence electrons. The second-order valence-corrected chi connectivity index (χ2v) is 7.00. The van der Waals surface area contributed by atoms with E-state index in [-0.39, 0.29) is 21.8 Å². The van der Waals surface area contributed by atoms with Crippen molar-refractivity contribution >= 4 is 43.6 Å². The van der Waals surface area contributed by atoms with Crippen LogP contribution in [-0.4, -0.2) is 24.9 Å². The molecule has 0 unspecified atom stereocenters. The number of ether oxygens (including phenoxy) is 2. The minimum absolute atomic E-state index is 0.115. The van der Waals surface area contributed by atoms with E-state index in [0.29, 0.717) is 16.2 Å². The SMILES string of the molecule is CC(=O)Oc1c2ccccc2c(OC(C)=O)c2cc(S(=O)(=O)O)ccc12. The van der Waals surface area contributed by atoms with Crippen LogP contribution in [0.1, 0.15) is 13.8 Å². The van der Waals surface area contributed by atoms with Gasteiger partial charge in [0.25, 0.3) is 10.1 Å². The zero-order valence-electron chi connectivity index (χ0n) is 13.8. The molecule has 0 bridgehead atoms. The molecule has 0 aliphatic rings. The summed E-state index contributed by atoms with van der Waals surface area (Å²) in [5.41, 5.74) is 0. The molecule has 0 heterocycles.